The molecule has 0 saturated heterocycles. The molecule has 0 atom stereocenters. The molecule has 0 saturated carbocycles. The van der Waals surface area contributed by atoms with Crippen molar-refractivity contribution in [3.63, 3.8) is 0 Å². The maximum Gasteiger partial charge on any atom is 0.309 e. The van der Waals surface area contributed by atoms with Gasteiger partial charge in [-0.1, -0.05) is 47.5 Å². The van der Waals surface area contributed by atoms with Crippen LogP contribution in [0.4, 0.5) is 4.39 Å². The first kappa shape index (κ1) is 17.4. The number of hydrogen-bond acceptors (Lipinski definition) is 4. The SMILES string of the molecule is O=C(NCc1ccccc1Cl)c1nnc(Cc2c(F)cccc2Cl)o1. The predicted octanol–water partition coefficient (Wildman–Crippen LogP) is 4.04. The number of nitrogens with one attached hydrogen (secondary N) is 1. The molecule has 8 heteroatoms. The van der Waals surface area contributed by atoms with Crippen molar-refractivity contribution in [3.05, 3.63) is 81.2 Å². The van der Waals surface area contributed by atoms with E-state index in [1.165, 1.54) is 12.1 Å². The van der Waals surface area contributed by atoms with Crippen molar-refractivity contribution in [3.8, 4) is 0 Å². The molecule has 5 nitrogen and oxygen atoms in total. The lowest BCUT2D eigenvalue weighted by molar-refractivity contribution is 0.0914. The van der Waals surface area contributed by atoms with Gasteiger partial charge in [-0.05, 0) is 23.8 Å². The number of rotatable bonds is 5. The van der Waals surface area contributed by atoms with Gasteiger partial charge in [0, 0.05) is 22.2 Å². The molecule has 128 valence electrons. The van der Waals surface area contributed by atoms with E-state index in [0.29, 0.717) is 5.02 Å². The fraction of sp³-hybridized carbons (Fsp3) is 0.118. The molecule has 2 aromatic carbocycles. The van der Waals surface area contributed by atoms with Crippen LogP contribution in [-0.2, 0) is 13.0 Å². The molecule has 0 bridgehead atoms. The Labute approximate surface area is 152 Å². The Morgan fingerprint density at radius 2 is 1.84 bits per heavy atom. The van der Waals surface area contributed by atoms with Crippen molar-refractivity contribution in [1.82, 2.24) is 15.5 Å². The predicted molar refractivity (Wildman–Crippen MR) is 91.1 cm³/mol. The van der Waals surface area contributed by atoms with Gasteiger partial charge in [0.25, 0.3) is 0 Å². The zero-order chi connectivity index (χ0) is 17.8. The summed E-state index contributed by atoms with van der Waals surface area (Å²) in [4.78, 5) is 12.1. The summed E-state index contributed by atoms with van der Waals surface area (Å²) < 4.78 is 19.1. The largest absolute Gasteiger partial charge is 0.417 e. The molecule has 3 rings (SSSR count). The van der Waals surface area contributed by atoms with Gasteiger partial charge >= 0.3 is 11.8 Å². The zero-order valence-corrected chi connectivity index (χ0v) is 14.3. The van der Waals surface area contributed by atoms with Gasteiger partial charge in [0.15, 0.2) is 0 Å². The van der Waals surface area contributed by atoms with Crippen LogP contribution < -0.4 is 5.32 Å². The zero-order valence-electron chi connectivity index (χ0n) is 12.8. The van der Waals surface area contributed by atoms with E-state index < -0.39 is 11.7 Å². The van der Waals surface area contributed by atoms with Crippen molar-refractivity contribution in [1.29, 1.82) is 0 Å². The van der Waals surface area contributed by atoms with Crippen LogP contribution in [0.25, 0.3) is 0 Å². The molecule has 0 aliphatic heterocycles. The van der Waals surface area contributed by atoms with Gasteiger partial charge < -0.3 is 9.73 Å². The lowest BCUT2D eigenvalue weighted by atomic mass is 10.1. The number of aromatic nitrogens is 2. The number of nitrogens with zero attached hydrogens (tertiary/aromatic N) is 2. The molecule has 0 radical (unpaired) electrons. The Bertz CT molecular complexity index is 894. The van der Waals surface area contributed by atoms with Crippen LogP contribution in [0.3, 0.4) is 0 Å². The van der Waals surface area contributed by atoms with Gasteiger partial charge in [-0.3, -0.25) is 4.79 Å². The summed E-state index contributed by atoms with van der Waals surface area (Å²) in [6.07, 6.45) is -0.00367. The Hall–Kier alpha value is -2.44. The Morgan fingerprint density at radius 3 is 2.60 bits per heavy atom. The minimum atomic E-state index is -0.543. The quantitative estimate of drug-likeness (QED) is 0.726. The molecule has 1 aromatic heterocycles. The smallest absolute Gasteiger partial charge is 0.309 e. The molecule has 0 aliphatic carbocycles. The van der Waals surface area contributed by atoms with E-state index in [1.54, 1.807) is 24.3 Å². The summed E-state index contributed by atoms with van der Waals surface area (Å²) in [6, 6.07) is 11.5. The minimum absolute atomic E-state index is 0.00367. The fourth-order valence-corrected chi connectivity index (χ4v) is 2.59. The van der Waals surface area contributed by atoms with Gasteiger partial charge in [-0.25, -0.2) is 4.39 Å². The third-order valence-electron chi connectivity index (χ3n) is 3.45. The van der Waals surface area contributed by atoms with Gasteiger partial charge in [-0.2, -0.15) is 0 Å². The van der Waals surface area contributed by atoms with E-state index in [-0.39, 0.29) is 35.3 Å². The molecule has 1 amide bonds. The highest BCUT2D eigenvalue weighted by Crippen LogP contribution is 2.22. The highest BCUT2D eigenvalue weighted by molar-refractivity contribution is 6.31. The van der Waals surface area contributed by atoms with E-state index in [0.717, 1.165) is 5.56 Å². The van der Waals surface area contributed by atoms with Crippen LogP contribution in [-0.4, -0.2) is 16.1 Å². The third-order valence-corrected chi connectivity index (χ3v) is 4.17. The average Bonchev–Trinajstić information content (AvgIpc) is 3.06. The Morgan fingerprint density at radius 1 is 1.08 bits per heavy atom. The topological polar surface area (TPSA) is 68.0 Å². The number of amides is 1. The second-order valence-corrected chi connectivity index (χ2v) is 5.97. The number of carbonyl (C=O) groups is 1. The second kappa shape index (κ2) is 7.63. The van der Waals surface area contributed by atoms with Gasteiger partial charge in [0.05, 0.1) is 6.42 Å². The summed E-state index contributed by atoms with van der Waals surface area (Å²) >= 11 is 12.0. The first-order chi connectivity index (χ1) is 12.0. The summed E-state index contributed by atoms with van der Waals surface area (Å²) in [5.74, 6) is -1.14. The van der Waals surface area contributed by atoms with Crippen molar-refractivity contribution >= 4 is 29.1 Å². The summed E-state index contributed by atoms with van der Waals surface area (Å²) in [5.41, 5.74) is 0.992. The van der Waals surface area contributed by atoms with E-state index in [4.69, 9.17) is 27.6 Å². The molecule has 25 heavy (non-hydrogen) atoms. The number of hydrogen-bond donors (Lipinski definition) is 1. The molecular formula is C17H12Cl2FN3O2. The maximum atomic E-state index is 13.8. The van der Waals surface area contributed by atoms with E-state index in [9.17, 15) is 9.18 Å². The third kappa shape index (κ3) is 4.15. The molecule has 1 N–H and O–H groups in total. The van der Waals surface area contributed by atoms with Crippen LogP contribution in [0, 0.1) is 5.82 Å². The maximum absolute atomic E-state index is 13.8. The molecule has 0 fully saturated rings. The monoisotopic (exact) mass is 379 g/mol. The van der Waals surface area contributed by atoms with Gasteiger partial charge in [0.1, 0.15) is 5.82 Å². The van der Waals surface area contributed by atoms with E-state index in [2.05, 4.69) is 15.5 Å². The van der Waals surface area contributed by atoms with Crippen molar-refractivity contribution in [2.45, 2.75) is 13.0 Å². The van der Waals surface area contributed by atoms with Crippen LogP contribution in [0.2, 0.25) is 10.0 Å². The first-order valence-electron chi connectivity index (χ1n) is 7.31. The van der Waals surface area contributed by atoms with Crippen LogP contribution in [0.15, 0.2) is 46.9 Å². The summed E-state index contributed by atoms with van der Waals surface area (Å²) in [5, 5.41) is 10.9. The van der Waals surface area contributed by atoms with Gasteiger partial charge in [-0.15, -0.1) is 10.2 Å². The highest BCUT2D eigenvalue weighted by Gasteiger charge is 2.17. The van der Waals surface area contributed by atoms with Crippen LogP contribution in [0.5, 0.6) is 0 Å². The second-order valence-electron chi connectivity index (χ2n) is 5.15. The molecule has 0 unspecified atom stereocenters. The van der Waals surface area contributed by atoms with Crippen LogP contribution >= 0.6 is 23.2 Å². The lowest BCUT2D eigenvalue weighted by Gasteiger charge is -2.04. The molecular weight excluding hydrogens is 368 g/mol. The van der Waals surface area contributed by atoms with Crippen molar-refractivity contribution in [2.24, 2.45) is 0 Å². The molecule has 1 heterocycles. The van der Waals surface area contributed by atoms with Crippen LogP contribution in [0.1, 0.15) is 27.7 Å². The Kier molecular flexibility index (Phi) is 5.31. The van der Waals surface area contributed by atoms with Gasteiger partial charge in [0.2, 0.25) is 5.89 Å². The Balaban J connectivity index is 1.67. The summed E-state index contributed by atoms with van der Waals surface area (Å²) in [6.45, 7) is 0.218. The lowest BCUT2D eigenvalue weighted by Crippen LogP contribution is -2.23. The first-order valence-corrected chi connectivity index (χ1v) is 8.07. The fourth-order valence-electron chi connectivity index (χ4n) is 2.16. The number of halogens is 3. The highest BCUT2D eigenvalue weighted by atomic mass is 35.5. The molecule has 0 spiro atoms. The minimum Gasteiger partial charge on any atom is -0.417 e. The molecule has 0 aliphatic rings. The standard InChI is InChI=1S/C17H12Cl2FN3O2/c18-12-5-2-1-4-10(12)9-21-16(24)17-23-22-15(25-17)8-11-13(19)6-3-7-14(11)20/h1-7H,8-9H2,(H,21,24). The number of carbonyl (C=O) groups excluding carboxylic acids is 1. The molecule has 3 aromatic rings. The van der Waals surface area contributed by atoms with E-state index >= 15 is 0 Å². The summed E-state index contributed by atoms with van der Waals surface area (Å²) in [7, 11) is 0. The average molecular weight is 380 g/mol. The normalized spacial score (nSPS) is 10.7. The van der Waals surface area contributed by atoms with E-state index in [1.807, 2.05) is 6.07 Å². The van der Waals surface area contributed by atoms with Crippen molar-refractivity contribution < 1.29 is 13.6 Å². The van der Waals surface area contributed by atoms with Crippen molar-refractivity contribution in [2.75, 3.05) is 0 Å². The number of benzene rings is 2.